The van der Waals surface area contributed by atoms with Crippen molar-refractivity contribution in [2.75, 3.05) is 7.11 Å². The highest BCUT2D eigenvalue weighted by molar-refractivity contribution is 7.89. The van der Waals surface area contributed by atoms with Crippen LogP contribution in [0.15, 0.2) is 41.3 Å². The first kappa shape index (κ1) is 18.0. The molecule has 0 aliphatic heterocycles. The number of methoxy groups -OCH3 is 1. The maximum atomic E-state index is 12.7. The second kappa shape index (κ2) is 7.04. The fourth-order valence-corrected chi connectivity index (χ4v) is 4.03. The molecule has 0 bridgehead atoms. The molecule has 2 rings (SSSR count). The largest absolute Gasteiger partial charge is 0.496 e. The van der Waals surface area contributed by atoms with Crippen molar-refractivity contribution in [1.29, 1.82) is 5.26 Å². The number of sulfonamides is 1. The van der Waals surface area contributed by atoms with Gasteiger partial charge in [0.2, 0.25) is 10.0 Å². The zero-order valence-electron chi connectivity index (χ0n) is 14.1. The Balaban J connectivity index is 2.30. The Morgan fingerprint density at radius 2 is 1.75 bits per heavy atom. The number of nitrogens with zero attached hydrogens (tertiary/aromatic N) is 1. The van der Waals surface area contributed by atoms with Crippen molar-refractivity contribution in [2.24, 2.45) is 0 Å². The minimum Gasteiger partial charge on any atom is -0.496 e. The predicted molar refractivity (Wildman–Crippen MR) is 92.4 cm³/mol. The van der Waals surface area contributed by atoms with Gasteiger partial charge in [-0.25, -0.2) is 13.1 Å². The zero-order valence-corrected chi connectivity index (χ0v) is 14.9. The number of rotatable bonds is 5. The molecule has 0 aliphatic rings. The molecule has 1 unspecified atom stereocenters. The van der Waals surface area contributed by atoms with Crippen molar-refractivity contribution in [3.8, 4) is 11.8 Å². The fourth-order valence-electron chi connectivity index (χ4n) is 2.48. The van der Waals surface area contributed by atoms with E-state index < -0.39 is 16.1 Å². The summed E-state index contributed by atoms with van der Waals surface area (Å²) >= 11 is 0. The van der Waals surface area contributed by atoms with Crippen LogP contribution in [-0.4, -0.2) is 15.5 Å². The van der Waals surface area contributed by atoms with Gasteiger partial charge in [0.25, 0.3) is 0 Å². The summed E-state index contributed by atoms with van der Waals surface area (Å²) in [7, 11) is -2.12. The average Bonchev–Trinajstić information content (AvgIpc) is 2.56. The van der Waals surface area contributed by atoms with E-state index in [-0.39, 0.29) is 4.90 Å². The van der Waals surface area contributed by atoms with E-state index in [1.165, 1.54) is 0 Å². The lowest BCUT2D eigenvalue weighted by atomic mass is 10.1. The molecule has 5 nitrogen and oxygen atoms in total. The van der Waals surface area contributed by atoms with Gasteiger partial charge in [0.1, 0.15) is 5.75 Å². The van der Waals surface area contributed by atoms with Gasteiger partial charge < -0.3 is 4.74 Å². The Kier molecular flexibility index (Phi) is 5.27. The summed E-state index contributed by atoms with van der Waals surface area (Å²) in [4.78, 5) is 0.237. The molecule has 0 radical (unpaired) electrons. The van der Waals surface area contributed by atoms with Crippen molar-refractivity contribution >= 4 is 10.0 Å². The lowest BCUT2D eigenvalue weighted by molar-refractivity contribution is 0.411. The van der Waals surface area contributed by atoms with Crippen LogP contribution in [0.25, 0.3) is 0 Å². The smallest absolute Gasteiger partial charge is 0.241 e. The molecule has 0 aromatic heterocycles. The first-order valence-electron chi connectivity index (χ1n) is 7.46. The van der Waals surface area contributed by atoms with E-state index in [9.17, 15) is 8.42 Å². The van der Waals surface area contributed by atoms with Crippen molar-refractivity contribution < 1.29 is 13.2 Å². The Morgan fingerprint density at radius 3 is 2.29 bits per heavy atom. The first-order chi connectivity index (χ1) is 11.3. The minimum absolute atomic E-state index is 0.237. The van der Waals surface area contributed by atoms with Gasteiger partial charge in [-0.1, -0.05) is 12.1 Å². The summed E-state index contributed by atoms with van der Waals surface area (Å²) in [6.45, 7) is 5.31. The number of hydrogen-bond acceptors (Lipinski definition) is 4. The van der Waals surface area contributed by atoms with Gasteiger partial charge in [-0.2, -0.15) is 5.26 Å². The molecule has 0 spiro atoms. The second-order valence-electron chi connectivity index (χ2n) is 5.66. The summed E-state index contributed by atoms with van der Waals surface area (Å²) in [5.74, 6) is 0.659. The molecule has 0 amide bonds. The minimum atomic E-state index is -3.67. The number of hydrogen-bond donors (Lipinski definition) is 1. The van der Waals surface area contributed by atoms with E-state index >= 15 is 0 Å². The van der Waals surface area contributed by atoms with Gasteiger partial charge in [-0.05, 0) is 61.7 Å². The Bertz CT molecular complexity index is 882. The van der Waals surface area contributed by atoms with Crippen LogP contribution < -0.4 is 9.46 Å². The van der Waals surface area contributed by atoms with Crippen molar-refractivity contribution in [1.82, 2.24) is 4.72 Å². The second-order valence-corrected chi connectivity index (χ2v) is 7.35. The first-order valence-corrected chi connectivity index (χ1v) is 8.94. The van der Waals surface area contributed by atoms with E-state index in [1.54, 1.807) is 64.3 Å². The maximum absolute atomic E-state index is 12.7. The monoisotopic (exact) mass is 344 g/mol. The Morgan fingerprint density at radius 1 is 1.12 bits per heavy atom. The van der Waals surface area contributed by atoms with Gasteiger partial charge >= 0.3 is 0 Å². The standard InChI is InChI=1S/C18H20N2O3S/c1-12-10-18(13(2)9-17(12)23-4)24(21,22)20-14(3)16-7-5-15(11-19)6-8-16/h5-10,14,20H,1-4H3. The topological polar surface area (TPSA) is 79.2 Å². The zero-order chi connectivity index (χ0) is 17.9. The third-order valence-electron chi connectivity index (χ3n) is 3.85. The molecule has 2 aromatic carbocycles. The third-order valence-corrected chi connectivity index (χ3v) is 5.54. The van der Waals surface area contributed by atoms with Crippen LogP contribution in [0.3, 0.4) is 0 Å². The van der Waals surface area contributed by atoms with Gasteiger partial charge in [0.15, 0.2) is 0 Å². The molecular weight excluding hydrogens is 324 g/mol. The van der Waals surface area contributed by atoms with Crippen LogP contribution in [0.2, 0.25) is 0 Å². The molecule has 0 fully saturated rings. The molecule has 1 atom stereocenters. The summed E-state index contributed by atoms with van der Waals surface area (Å²) in [5.41, 5.74) is 2.71. The highest BCUT2D eigenvalue weighted by Crippen LogP contribution is 2.26. The van der Waals surface area contributed by atoms with Crippen molar-refractivity contribution in [3.63, 3.8) is 0 Å². The maximum Gasteiger partial charge on any atom is 0.241 e. The Labute approximate surface area is 142 Å². The highest BCUT2D eigenvalue weighted by Gasteiger charge is 2.21. The normalized spacial score (nSPS) is 12.5. The molecule has 0 saturated heterocycles. The third kappa shape index (κ3) is 3.75. The fraction of sp³-hybridized carbons (Fsp3) is 0.278. The molecule has 6 heteroatoms. The molecule has 0 aliphatic carbocycles. The SMILES string of the molecule is COc1cc(C)c(S(=O)(=O)NC(C)c2ccc(C#N)cc2)cc1C. The van der Waals surface area contributed by atoms with Gasteiger partial charge in [-0.15, -0.1) is 0 Å². The van der Waals surface area contributed by atoms with Crippen LogP contribution in [0.4, 0.5) is 0 Å². The van der Waals surface area contributed by atoms with Crippen LogP contribution in [0.5, 0.6) is 5.75 Å². The highest BCUT2D eigenvalue weighted by atomic mass is 32.2. The Hall–Kier alpha value is -2.36. The van der Waals surface area contributed by atoms with Gasteiger partial charge in [0, 0.05) is 6.04 Å². The van der Waals surface area contributed by atoms with E-state index in [1.807, 2.05) is 6.07 Å². The number of aryl methyl sites for hydroxylation is 2. The molecule has 1 N–H and O–H groups in total. The molecule has 0 saturated carbocycles. The van der Waals surface area contributed by atoms with Crippen LogP contribution >= 0.6 is 0 Å². The summed E-state index contributed by atoms with van der Waals surface area (Å²) in [5, 5.41) is 8.83. The van der Waals surface area contributed by atoms with Crippen LogP contribution in [-0.2, 0) is 10.0 Å². The number of benzene rings is 2. The molecule has 2 aromatic rings. The quantitative estimate of drug-likeness (QED) is 0.903. The predicted octanol–water partition coefficient (Wildman–Crippen LogP) is 3.22. The molecular formula is C18H20N2O3S. The van der Waals surface area contributed by atoms with Gasteiger partial charge in [0.05, 0.1) is 23.6 Å². The molecule has 24 heavy (non-hydrogen) atoms. The molecule has 126 valence electrons. The van der Waals surface area contributed by atoms with E-state index in [0.717, 1.165) is 11.1 Å². The summed E-state index contributed by atoms with van der Waals surface area (Å²) in [6.07, 6.45) is 0. The van der Waals surface area contributed by atoms with E-state index in [2.05, 4.69) is 4.72 Å². The van der Waals surface area contributed by atoms with Crippen molar-refractivity contribution in [2.45, 2.75) is 31.7 Å². The number of ether oxygens (including phenoxy) is 1. The van der Waals surface area contributed by atoms with Crippen LogP contribution in [0.1, 0.15) is 35.2 Å². The van der Waals surface area contributed by atoms with Gasteiger partial charge in [-0.3, -0.25) is 0 Å². The average molecular weight is 344 g/mol. The van der Waals surface area contributed by atoms with Crippen molar-refractivity contribution in [3.05, 3.63) is 58.7 Å². The lowest BCUT2D eigenvalue weighted by Gasteiger charge is -2.17. The van der Waals surface area contributed by atoms with E-state index in [0.29, 0.717) is 16.9 Å². The molecule has 0 heterocycles. The number of nitrogens with one attached hydrogen (secondary N) is 1. The number of nitriles is 1. The summed E-state index contributed by atoms with van der Waals surface area (Å²) in [6, 6.07) is 11.8. The lowest BCUT2D eigenvalue weighted by Crippen LogP contribution is -2.27. The summed E-state index contributed by atoms with van der Waals surface area (Å²) < 4.78 is 33.3. The van der Waals surface area contributed by atoms with Crippen LogP contribution in [0, 0.1) is 25.2 Å². The van der Waals surface area contributed by atoms with E-state index in [4.69, 9.17) is 10.00 Å².